The molecule has 1 spiro atoms. The van der Waals surface area contributed by atoms with Crippen LogP contribution < -0.4 is 4.90 Å². The van der Waals surface area contributed by atoms with E-state index in [2.05, 4.69) is 28.1 Å². The highest BCUT2D eigenvalue weighted by Crippen LogP contribution is 2.49. The quantitative estimate of drug-likeness (QED) is 0.838. The van der Waals surface area contributed by atoms with E-state index in [9.17, 15) is 4.79 Å². The Labute approximate surface area is 160 Å². The molecule has 1 unspecified atom stereocenters. The SMILES string of the molecule is O=C(CC1CC2(CCC2)CO1)N1CCN(c2cncc3ccccc23)CC1. The van der Waals surface area contributed by atoms with Gasteiger partial charge in [-0.25, -0.2) is 0 Å². The van der Waals surface area contributed by atoms with Crippen molar-refractivity contribution >= 4 is 22.4 Å². The number of carbonyl (C=O) groups excluding carboxylic acids is 1. The fourth-order valence-corrected chi connectivity index (χ4v) is 4.92. The first-order valence-corrected chi connectivity index (χ1v) is 10.2. The molecule has 27 heavy (non-hydrogen) atoms. The van der Waals surface area contributed by atoms with E-state index in [0.717, 1.165) is 44.6 Å². The van der Waals surface area contributed by atoms with Crippen LogP contribution in [-0.2, 0) is 9.53 Å². The molecule has 2 aliphatic heterocycles. The van der Waals surface area contributed by atoms with Gasteiger partial charge in [-0.3, -0.25) is 9.78 Å². The van der Waals surface area contributed by atoms with Gasteiger partial charge in [-0.15, -0.1) is 0 Å². The van der Waals surface area contributed by atoms with Crippen molar-refractivity contribution < 1.29 is 9.53 Å². The third kappa shape index (κ3) is 3.18. The number of hydrogen-bond donors (Lipinski definition) is 0. The average molecular weight is 365 g/mol. The number of carbonyl (C=O) groups is 1. The standard InChI is InChI=1S/C22H27N3O2/c26-21(12-18-13-22(16-27-18)6-3-7-22)25-10-8-24(9-11-25)20-15-23-14-17-4-1-2-5-19(17)20/h1-2,4-5,14-15,18H,3,6-13,16H2. The molecule has 3 aliphatic rings. The zero-order valence-electron chi connectivity index (χ0n) is 15.8. The van der Waals surface area contributed by atoms with Crippen LogP contribution in [0.25, 0.3) is 10.8 Å². The van der Waals surface area contributed by atoms with Gasteiger partial charge in [0.1, 0.15) is 0 Å². The monoisotopic (exact) mass is 365 g/mol. The lowest BCUT2D eigenvalue weighted by atomic mass is 9.67. The van der Waals surface area contributed by atoms with Gasteiger partial charge in [-0.2, -0.15) is 0 Å². The summed E-state index contributed by atoms with van der Waals surface area (Å²) in [6.45, 7) is 4.14. The highest BCUT2D eigenvalue weighted by molar-refractivity contribution is 5.93. The molecule has 1 saturated carbocycles. The van der Waals surface area contributed by atoms with E-state index in [0.29, 0.717) is 11.8 Å². The summed E-state index contributed by atoms with van der Waals surface area (Å²) in [5.41, 5.74) is 1.59. The molecule has 0 bridgehead atoms. The van der Waals surface area contributed by atoms with Gasteiger partial charge in [-0.1, -0.05) is 30.7 Å². The van der Waals surface area contributed by atoms with Gasteiger partial charge in [0.25, 0.3) is 0 Å². The van der Waals surface area contributed by atoms with Crippen LogP contribution in [0.5, 0.6) is 0 Å². The van der Waals surface area contributed by atoms with Crippen molar-refractivity contribution in [3.05, 3.63) is 36.7 Å². The molecule has 142 valence electrons. The molecule has 1 amide bonds. The summed E-state index contributed by atoms with van der Waals surface area (Å²) >= 11 is 0. The average Bonchev–Trinajstić information content (AvgIpc) is 3.12. The van der Waals surface area contributed by atoms with Crippen LogP contribution in [-0.4, -0.2) is 54.7 Å². The Morgan fingerprint density at radius 1 is 1.15 bits per heavy atom. The van der Waals surface area contributed by atoms with Gasteiger partial charge in [0.15, 0.2) is 0 Å². The van der Waals surface area contributed by atoms with Crippen LogP contribution in [0.3, 0.4) is 0 Å². The number of anilines is 1. The van der Waals surface area contributed by atoms with Crippen molar-refractivity contribution in [2.45, 2.75) is 38.2 Å². The minimum absolute atomic E-state index is 0.137. The van der Waals surface area contributed by atoms with Crippen molar-refractivity contribution in [3.8, 4) is 0 Å². The first-order chi connectivity index (χ1) is 13.2. The Balaban J connectivity index is 1.19. The number of nitrogens with zero attached hydrogens (tertiary/aromatic N) is 3. The minimum Gasteiger partial charge on any atom is -0.377 e. The van der Waals surface area contributed by atoms with Crippen LogP contribution in [0.4, 0.5) is 5.69 Å². The largest absolute Gasteiger partial charge is 0.377 e. The Hall–Kier alpha value is -2.14. The third-order valence-corrected chi connectivity index (χ3v) is 6.72. The van der Waals surface area contributed by atoms with E-state index in [1.807, 2.05) is 23.4 Å². The predicted octanol–water partition coefficient (Wildman–Crippen LogP) is 3.23. The summed E-state index contributed by atoms with van der Waals surface area (Å²) in [4.78, 5) is 21.5. The first kappa shape index (κ1) is 17.0. The van der Waals surface area contributed by atoms with E-state index in [1.54, 1.807) is 0 Å². The summed E-state index contributed by atoms with van der Waals surface area (Å²) in [6, 6.07) is 8.37. The lowest BCUT2D eigenvalue weighted by molar-refractivity contribution is -0.133. The van der Waals surface area contributed by atoms with E-state index in [-0.39, 0.29) is 12.0 Å². The number of piperazine rings is 1. The molecule has 5 rings (SSSR count). The highest BCUT2D eigenvalue weighted by atomic mass is 16.5. The molecule has 3 fully saturated rings. The van der Waals surface area contributed by atoms with Crippen LogP contribution in [0.15, 0.2) is 36.7 Å². The van der Waals surface area contributed by atoms with E-state index in [4.69, 9.17) is 4.74 Å². The number of rotatable bonds is 3. The molecule has 5 nitrogen and oxygen atoms in total. The maximum absolute atomic E-state index is 12.7. The van der Waals surface area contributed by atoms with Crippen molar-refractivity contribution in [1.29, 1.82) is 0 Å². The fourth-order valence-electron chi connectivity index (χ4n) is 4.92. The van der Waals surface area contributed by atoms with Crippen LogP contribution in [0, 0.1) is 5.41 Å². The number of hydrogen-bond acceptors (Lipinski definition) is 4. The smallest absolute Gasteiger partial charge is 0.225 e. The molecule has 2 aromatic rings. The van der Waals surface area contributed by atoms with Crippen molar-refractivity contribution in [1.82, 2.24) is 9.88 Å². The molecule has 1 aromatic heterocycles. The van der Waals surface area contributed by atoms with Crippen molar-refractivity contribution in [2.75, 3.05) is 37.7 Å². The Morgan fingerprint density at radius 2 is 1.96 bits per heavy atom. The molecular formula is C22H27N3O2. The zero-order chi connectivity index (χ0) is 18.3. The molecule has 1 atom stereocenters. The summed E-state index contributed by atoms with van der Waals surface area (Å²) in [6.07, 6.45) is 9.54. The molecule has 0 N–H and O–H groups in total. The second-order valence-corrected chi connectivity index (χ2v) is 8.44. The number of aromatic nitrogens is 1. The Morgan fingerprint density at radius 3 is 2.70 bits per heavy atom. The van der Waals surface area contributed by atoms with Gasteiger partial charge >= 0.3 is 0 Å². The van der Waals surface area contributed by atoms with Crippen LogP contribution in [0.2, 0.25) is 0 Å². The highest BCUT2D eigenvalue weighted by Gasteiger charge is 2.45. The maximum Gasteiger partial charge on any atom is 0.225 e. The predicted molar refractivity (Wildman–Crippen MR) is 106 cm³/mol. The Kier molecular flexibility index (Phi) is 4.27. The topological polar surface area (TPSA) is 45.7 Å². The molecular weight excluding hydrogens is 338 g/mol. The molecule has 1 aromatic carbocycles. The molecule has 5 heteroatoms. The normalized spacial score (nSPS) is 24.4. The summed E-state index contributed by atoms with van der Waals surface area (Å²) < 4.78 is 5.94. The third-order valence-electron chi connectivity index (χ3n) is 6.72. The van der Waals surface area contributed by atoms with Crippen LogP contribution >= 0.6 is 0 Å². The van der Waals surface area contributed by atoms with E-state index < -0.39 is 0 Å². The van der Waals surface area contributed by atoms with E-state index in [1.165, 1.54) is 30.3 Å². The lowest BCUT2D eigenvalue weighted by Gasteiger charge is -2.37. The van der Waals surface area contributed by atoms with Gasteiger partial charge in [0.05, 0.1) is 31.0 Å². The van der Waals surface area contributed by atoms with Gasteiger partial charge in [0, 0.05) is 43.1 Å². The van der Waals surface area contributed by atoms with E-state index >= 15 is 0 Å². The van der Waals surface area contributed by atoms with Crippen molar-refractivity contribution in [2.24, 2.45) is 5.41 Å². The van der Waals surface area contributed by atoms with Crippen molar-refractivity contribution in [3.63, 3.8) is 0 Å². The number of fused-ring (bicyclic) bond motifs is 1. The van der Waals surface area contributed by atoms with Gasteiger partial charge in [-0.05, 0) is 24.7 Å². The zero-order valence-corrected chi connectivity index (χ0v) is 15.8. The Bertz CT molecular complexity index is 835. The molecule has 2 saturated heterocycles. The minimum atomic E-state index is 0.137. The number of ether oxygens (including phenoxy) is 1. The summed E-state index contributed by atoms with van der Waals surface area (Å²) in [7, 11) is 0. The number of benzene rings is 1. The number of pyridine rings is 1. The first-order valence-electron chi connectivity index (χ1n) is 10.2. The van der Waals surface area contributed by atoms with Crippen LogP contribution in [0.1, 0.15) is 32.1 Å². The lowest BCUT2D eigenvalue weighted by Crippen LogP contribution is -2.49. The number of amides is 1. The maximum atomic E-state index is 12.7. The fraction of sp³-hybridized carbons (Fsp3) is 0.545. The second kappa shape index (κ2) is 6.79. The molecule has 1 aliphatic carbocycles. The van der Waals surface area contributed by atoms with Gasteiger partial charge in [0.2, 0.25) is 5.91 Å². The molecule has 0 radical (unpaired) electrons. The second-order valence-electron chi connectivity index (χ2n) is 8.44. The van der Waals surface area contributed by atoms with Gasteiger partial charge < -0.3 is 14.5 Å². The summed E-state index contributed by atoms with van der Waals surface area (Å²) in [5, 5.41) is 2.40. The molecule has 3 heterocycles. The summed E-state index contributed by atoms with van der Waals surface area (Å²) in [5.74, 6) is 0.257.